The molecule has 0 bridgehead atoms. The van der Waals surface area contributed by atoms with Gasteiger partial charge >= 0.3 is 0 Å². The summed E-state index contributed by atoms with van der Waals surface area (Å²) in [5.41, 5.74) is 3.41. The summed E-state index contributed by atoms with van der Waals surface area (Å²) in [5.74, 6) is 1.11. The number of hydrogen-bond acceptors (Lipinski definition) is 2. The molecule has 1 aromatic heterocycles. The summed E-state index contributed by atoms with van der Waals surface area (Å²) < 4.78 is 1.99. The average molecular weight is 381 g/mol. The number of aryl methyl sites for hydroxylation is 2. The monoisotopic (exact) mass is 381 g/mol. The largest absolute Gasteiger partial charge is 0.435 e. The van der Waals surface area contributed by atoms with Crippen LogP contribution in [-0.2, 0) is 39.8 Å². The number of aromatic nitrogens is 2. The topological polar surface area (TPSA) is 29.1 Å². The smallest absolute Gasteiger partial charge is 0.264 e. The Labute approximate surface area is 164 Å². The first-order valence-electron chi connectivity index (χ1n) is 8.04. The van der Waals surface area contributed by atoms with Crippen LogP contribution in [-0.4, -0.2) is 11.2 Å². The third-order valence-corrected chi connectivity index (χ3v) is 4.29. The SMILES string of the molecule is Cc1ccccc1-c1[c-]c(N=[C-]C2CCCCC2)nc[n+]1C.[Y]. The fourth-order valence-electron chi connectivity index (χ4n) is 2.96. The molecule has 1 fully saturated rings. The first-order valence-corrected chi connectivity index (χ1v) is 8.04. The van der Waals surface area contributed by atoms with Gasteiger partial charge in [-0.25, -0.2) is 6.07 Å². The molecule has 2 aromatic rings. The van der Waals surface area contributed by atoms with E-state index in [0.717, 1.165) is 5.69 Å². The van der Waals surface area contributed by atoms with Crippen LogP contribution >= 0.6 is 0 Å². The van der Waals surface area contributed by atoms with Gasteiger partial charge in [-0.15, -0.1) is 22.2 Å². The van der Waals surface area contributed by atoms with Crippen molar-refractivity contribution in [1.82, 2.24) is 4.98 Å². The van der Waals surface area contributed by atoms with E-state index in [0.29, 0.717) is 11.7 Å². The third kappa shape index (κ3) is 4.77. The Balaban J connectivity index is 0.00000192. The van der Waals surface area contributed by atoms with E-state index in [1.165, 1.54) is 43.2 Å². The minimum absolute atomic E-state index is 0. The second-order valence-electron chi connectivity index (χ2n) is 6.04. The first-order chi connectivity index (χ1) is 10.7. The third-order valence-electron chi connectivity index (χ3n) is 4.29. The number of hydrogen-bond donors (Lipinski definition) is 0. The molecule has 0 amide bonds. The molecule has 117 valence electrons. The van der Waals surface area contributed by atoms with Crippen LogP contribution in [0.5, 0.6) is 0 Å². The van der Waals surface area contributed by atoms with Gasteiger partial charge in [-0.05, 0) is 5.69 Å². The minimum Gasteiger partial charge on any atom is -0.435 e. The molecule has 1 radical (unpaired) electrons. The van der Waals surface area contributed by atoms with Crippen LogP contribution in [0.2, 0.25) is 0 Å². The van der Waals surface area contributed by atoms with Gasteiger partial charge < -0.3 is 4.99 Å². The molecule has 0 unspecified atom stereocenters. The Bertz CT molecular complexity index is 676. The Kier molecular flexibility index (Phi) is 7.04. The van der Waals surface area contributed by atoms with Gasteiger partial charge in [-0.1, -0.05) is 63.1 Å². The zero-order valence-corrected chi connectivity index (χ0v) is 16.8. The number of nitrogens with zero attached hydrogens (tertiary/aromatic N) is 3. The van der Waals surface area contributed by atoms with E-state index in [4.69, 9.17) is 0 Å². The average Bonchev–Trinajstić information content (AvgIpc) is 2.56. The van der Waals surface area contributed by atoms with Crippen LogP contribution in [0, 0.1) is 18.9 Å². The number of rotatable bonds is 3. The van der Waals surface area contributed by atoms with Crippen molar-refractivity contribution in [2.45, 2.75) is 39.0 Å². The predicted octanol–water partition coefficient (Wildman–Crippen LogP) is 3.84. The quantitative estimate of drug-likeness (QED) is 0.451. The van der Waals surface area contributed by atoms with Gasteiger partial charge in [-0.2, -0.15) is 6.21 Å². The van der Waals surface area contributed by atoms with E-state index in [1.54, 1.807) is 6.33 Å². The summed E-state index contributed by atoms with van der Waals surface area (Å²) in [6.45, 7) is 2.11. The Morgan fingerprint density at radius 2 is 1.96 bits per heavy atom. The van der Waals surface area contributed by atoms with Crippen LogP contribution in [0.4, 0.5) is 5.82 Å². The molecule has 0 atom stereocenters. The molecule has 3 nitrogen and oxygen atoms in total. The van der Waals surface area contributed by atoms with Crippen molar-refractivity contribution in [3.63, 3.8) is 0 Å². The summed E-state index contributed by atoms with van der Waals surface area (Å²) in [6, 6.07) is 11.7. The van der Waals surface area contributed by atoms with Crippen molar-refractivity contribution >= 4 is 12.0 Å². The molecule has 23 heavy (non-hydrogen) atoms. The maximum absolute atomic E-state index is 4.46. The first kappa shape index (κ1) is 18.4. The predicted molar refractivity (Wildman–Crippen MR) is 88.1 cm³/mol. The molecule has 0 saturated heterocycles. The zero-order chi connectivity index (χ0) is 15.4. The zero-order valence-electron chi connectivity index (χ0n) is 13.9. The summed E-state index contributed by atoms with van der Waals surface area (Å²) >= 11 is 0. The maximum atomic E-state index is 4.46. The Morgan fingerprint density at radius 1 is 1.22 bits per heavy atom. The summed E-state index contributed by atoms with van der Waals surface area (Å²) in [5, 5.41) is 0. The summed E-state index contributed by atoms with van der Waals surface area (Å²) in [4.78, 5) is 8.81. The van der Waals surface area contributed by atoms with Gasteiger partial charge in [0.1, 0.15) is 0 Å². The fraction of sp³-hybridized carbons (Fsp3) is 0.421. The van der Waals surface area contributed by atoms with Crippen molar-refractivity contribution in [2.24, 2.45) is 18.0 Å². The van der Waals surface area contributed by atoms with Crippen molar-refractivity contribution in [3.8, 4) is 11.3 Å². The molecule has 0 aliphatic heterocycles. The number of aliphatic imine (C=N–C) groups is 1. The van der Waals surface area contributed by atoms with Gasteiger partial charge in [0, 0.05) is 38.5 Å². The van der Waals surface area contributed by atoms with Gasteiger partial charge in [0.15, 0.2) is 0 Å². The van der Waals surface area contributed by atoms with E-state index in [9.17, 15) is 0 Å². The van der Waals surface area contributed by atoms with Crippen molar-refractivity contribution in [3.05, 3.63) is 42.2 Å². The molecule has 1 aliphatic carbocycles. The maximum Gasteiger partial charge on any atom is 0.264 e. The fourth-order valence-corrected chi connectivity index (χ4v) is 2.96. The number of benzene rings is 1. The standard InChI is InChI=1S/C19H22N3.Y/c1-15-8-6-7-11-17(15)18-12-19(21-14-22(18)2)20-13-16-9-4-3-5-10-16;/h6-8,11,14,16H,3-5,9-10H2,1-2H3;/q-1;. The van der Waals surface area contributed by atoms with Crippen LogP contribution in [0.1, 0.15) is 37.7 Å². The van der Waals surface area contributed by atoms with Gasteiger partial charge in [0.2, 0.25) is 0 Å². The second kappa shape index (κ2) is 8.79. The molecule has 0 N–H and O–H groups in total. The Morgan fingerprint density at radius 3 is 2.70 bits per heavy atom. The van der Waals surface area contributed by atoms with Crippen molar-refractivity contribution in [2.75, 3.05) is 0 Å². The second-order valence-corrected chi connectivity index (χ2v) is 6.04. The molecule has 1 heterocycles. The van der Waals surface area contributed by atoms with Crippen LogP contribution in [0.25, 0.3) is 11.3 Å². The Hall–Kier alpha value is -0.926. The van der Waals surface area contributed by atoms with Gasteiger partial charge in [0.25, 0.3) is 6.33 Å². The molecular formula is C19H22N3Y-. The van der Waals surface area contributed by atoms with Gasteiger partial charge in [-0.3, -0.25) is 4.57 Å². The minimum atomic E-state index is 0. The van der Waals surface area contributed by atoms with E-state index in [1.807, 2.05) is 17.7 Å². The summed E-state index contributed by atoms with van der Waals surface area (Å²) in [6.07, 6.45) is 11.4. The van der Waals surface area contributed by atoms with E-state index in [-0.39, 0.29) is 32.7 Å². The normalized spacial score (nSPS) is 15.6. The van der Waals surface area contributed by atoms with Crippen LogP contribution < -0.4 is 4.57 Å². The molecule has 4 heteroatoms. The molecule has 1 aromatic carbocycles. The van der Waals surface area contributed by atoms with Crippen LogP contribution in [0.3, 0.4) is 0 Å². The van der Waals surface area contributed by atoms with Crippen molar-refractivity contribution in [1.29, 1.82) is 0 Å². The molecule has 3 rings (SSSR count). The molecule has 1 saturated carbocycles. The molecular weight excluding hydrogens is 359 g/mol. The van der Waals surface area contributed by atoms with Crippen LogP contribution in [0.15, 0.2) is 35.6 Å². The van der Waals surface area contributed by atoms with Gasteiger partial charge in [0.05, 0.1) is 7.05 Å². The van der Waals surface area contributed by atoms with E-state index >= 15 is 0 Å². The van der Waals surface area contributed by atoms with E-state index in [2.05, 4.69) is 47.4 Å². The summed E-state index contributed by atoms with van der Waals surface area (Å²) in [7, 11) is 1.99. The molecule has 1 aliphatic rings. The molecule has 0 spiro atoms. The van der Waals surface area contributed by atoms with Crippen molar-refractivity contribution < 1.29 is 37.3 Å². The van der Waals surface area contributed by atoms with E-state index < -0.39 is 0 Å².